The van der Waals surface area contributed by atoms with Crippen molar-refractivity contribution in [3.05, 3.63) is 76.1 Å². The summed E-state index contributed by atoms with van der Waals surface area (Å²) in [5, 5.41) is 0.887. The monoisotopic (exact) mass is 392 g/mol. The third-order valence-corrected chi connectivity index (χ3v) is 5.18. The summed E-state index contributed by atoms with van der Waals surface area (Å²) < 4.78 is 10.9. The highest BCUT2D eigenvalue weighted by atomic mass is 16.5. The number of hydrogen-bond donors (Lipinski definition) is 0. The molecule has 29 heavy (non-hydrogen) atoms. The highest BCUT2D eigenvalue weighted by Crippen LogP contribution is 2.24. The van der Waals surface area contributed by atoms with Crippen LogP contribution < -0.4 is 10.4 Å². The minimum absolute atomic E-state index is 0.0670. The van der Waals surface area contributed by atoms with Crippen LogP contribution in [-0.2, 0) is 6.54 Å². The number of amides is 1. The molecule has 1 aromatic heterocycles. The summed E-state index contributed by atoms with van der Waals surface area (Å²) in [5.74, 6) is 0.825. The number of piperazine rings is 1. The van der Waals surface area contributed by atoms with Gasteiger partial charge in [-0.3, -0.25) is 9.69 Å². The summed E-state index contributed by atoms with van der Waals surface area (Å²) in [6.07, 6.45) is 0. The van der Waals surface area contributed by atoms with E-state index in [9.17, 15) is 9.59 Å². The quantitative estimate of drug-likeness (QED) is 0.624. The van der Waals surface area contributed by atoms with Crippen LogP contribution in [-0.4, -0.2) is 48.5 Å². The lowest BCUT2D eigenvalue weighted by molar-refractivity contribution is 0.0629. The van der Waals surface area contributed by atoms with Crippen LogP contribution in [0.2, 0.25) is 0 Å². The number of benzene rings is 2. The zero-order valence-corrected chi connectivity index (χ0v) is 16.5. The molecule has 6 nitrogen and oxygen atoms in total. The lowest BCUT2D eigenvalue weighted by atomic mass is 10.1. The SMILES string of the molecule is CCOc1ccc2oc(=O)cc(CN3CCN(C(=O)c4ccccc4)CC3)c2c1. The highest BCUT2D eigenvalue weighted by molar-refractivity contribution is 5.94. The van der Waals surface area contributed by atoms with Crippen molar-refractivity contribution in [1.29, 1.82) is 0 Å². The predicted octanol–water partition coefficient (Wildman–Crippen LogP) is 3.15. The van der Waals surface area contributed by atoms with E-state index in [0.29, 0.717) is 31.8 Å². The average molecular weight is 392 g/mol. The van der Waals surface area contributed by atoms with E-state index in [1.807, 2.05) is 54.3 Å². The van der Waals surface area contributed by atoms with E-state index in [4.69, 9.17) is 9.15 Å². The fourth-order valence-electron chi connectivity index (χ4n) is 3.71. The molecule has 1 amide bonds. The van der Waals surface area contributed by atoms with Crippen molar-refractivity contribution in [3.8, 4) is 5.75 Å². The Morgan fingerprint density at radius 1 is 1.03 bits per heavy atom. The molecule has 1 saturated heterocycles. The van der Waals surface area contributed by atoms with E-state index in [-0.39, 0.29) is 11.5 Å². The van der Waals surface area contributed by atoms with Crippen molar-refractivity contribution < 1.29 is 13.9 Å². The van der Waals surface area contributed by atoms with Crippen molar-refractivity contribution in [1.82, 2.24) is 9.80 Å². The Bertz CT molecular complexity index is 1050. The normalized spacial score (nSPS) is 14.9. The van der Waals surface area contributed by atoms with Crippen molar-refractivity contribution in [2.75, 3.05) is 32.8 Å². The second kappa shape index (κ2) is 8.49. The van der Waals surface area contributed by atoms with Gasteiger partial charge < -0.3 is 14.1 Å². The second-order valence-electron chi connectivity index (χ2n) is 7.12. The second-order valence-corrected chi connectivity index (χ2v) is 7.12. The van der Waals surface area contributed by atoms with E-state index in [0.717, 1.165) is 35.4 Å². The van der Waals surface area contributed by atoms with Gasteiger partial charge in [-0.25, -0.2) is 4.79 Å². The number of rotatable bonds is 5. The molecular formula is C23H24N2O4. The number of ether oxygens (including phenoxy) is 1. The van der Waals surface area contributed by atoms with Gasteiger partial charge in [0.1, 0.15) is 11.3 Å². The summed E-state index contributed by atoms with van der Waals surface area (Å²) in [5.41, 5.74) is 1.85. The lowest BCUT2D eigenvalue weighted by Gasteiger charge is -2.35. The van der Waals surface area contributed by atoms with Gasteiger partial charge in [-0.2, -0.15) is 0 Å². The van der Waals surface area contributed by atoms with E-state index in [1.54, 1.807) is 12.1 Å². The summed E-state index contributed by atoms with van der Waals surface area (Å²) in [6.45, 7) is 5.98. The minimum atomic E-state index is -0.352. The van der Waals surface area contributed by atoms with Gasteiger partial charge in [0.25, 0.3) is 5.91 Å². The predicted molar refractivity (Wildman–Crippen MR) is 111 cm³/mol. The fourth-order valence-corrected chi connectivity index (χ4v) is 3.71. The molecule has 0 N–H and O–H groups in total. The first-order chi connectivity index (χ1) is 14.1. The average Bonchev–Trinajstić information content (AvgIpc) is 2.75. The standard InChI is InChI=1S/C23H24N2O4/c1-2-28-19-8-9-21-20(15-19)18(14-22(26)29-21)16-24-10-12-25(13-11-24)23(27)17-6-4-3-5-7-17/h3-9,14-15H,2,10-13,16H2,1H3. The summed E-state index contributed by atoms with van der Waals surface area (Å²) >= 11 is 0. The first-order valence-electron chi connectivity index (χ1n) is 9.90. The van der Waals surface area contributed by atoms with Gasteiger partial charge in [0, 0.05) is 49.7 Å². The molecule has 0 aliphatic carbocycles. The number of carbonyl (C=O) groups excluding carboxylic acids is 1. The Hall–Kier alpha value is -3.12. The molecule has 1 fully saturated rings. The summed E-state index contributed by atoms with van der Waals surface area (Å²) in [7, 11) is 0. The maximum absolute atomic E-state index is 12.6. The Labute approximate surface area is 169 Å². The minimum Gasteiger partial charge on any atom is -0.494 e. The molecule has 0 bridgehead atoms. The third-order valence-electron chi connectivity index (χ3n) is 5.18. The van der Waals surface area contributed by atoms with Crippen LogP contribution in [0.5, 0.6) is 5.75 Å². The molecule has 2 aromatic carbocycles. The molecule has 0 spiro atoms. The van der Waals surface area contributed by atoms with Crippen molar-refractivity contribution in [2.24, 2.45) is 0 Å². The molecule has 1 aliphatic heterocycles. The van der Waals surface area contributed by atoms with Crippen LogP contribution in [0, 0.1) is 0 Å². The highest BCUT2D eigenvalue weighted by Gasteiger charge is 2.22. The molecule has 150 valence electrons. The van der Waals surface area contributed by atoms with Gasteiger partial charge in [0.15, 0.2) is 0 Å². The Kier molecular flexibility index (Phi) is 5.62. The van der Waals surface area contributed by atoms with Crippen LogP contribution >= 0.6 is 0 Å². The maximum atomic E-state index is 12.6. The maximum Gasteiger partial charge on any atom is 0.336 e. The molecule has 0 unspecified atom stereocenters. The number of fused-ring (bicyclic) bond motifs is 1. The number of carbonyl (C=O) groups is 1. The van der Waals surface area contributed by atoms with E-state index < -0.39 is 0 Å². The molecule has 3 aromatic rings. The Morgan fingerprint density at radius 3 is 2.52 bits per heavy atom. The zero-order valence-electron chi connectivity index (χ0n) is 16.5. The molecular weight excluding hydrogens is 368 g/mol. The molecule has 4 rings (SSSR count). The first kappa shape index (κ1) is 19.2. The van der Waals surface area contributed by atoms with Crippen LogP contribution in [0.4, 0.5) is 0 Å². The topological polar surface area (TPSA) is 63.0 Å². The summed E-state index contributed by atoms with van der Waals surface area (Å²) in [6, 6.07) is 16.4. The van der Waals surface area contributed by atoms with Gasteiger partial charge in [0.2, 0.25) is 0 Å². The third kappa shape index (κ3) is 4.32. The molecule has 2 heterocycles. The van der Waals surface area contributed by atoms with Crippen LogP contribution in [0.1, 0.15) is 22.8 Å². The first-order valence-corrected chi connectivity index (χ1v) is 9.90. The molecule has 6 heteroatoms. The lowest BCUT2D eigenvalue weighted by Crippen LogP contribution is -2.48. The molecule has 0 atom stereocenters. The molecule has 0 radical (unpaired) electrons. The van der Waals surface area contributed by atoms with Gasteiger partial charge in [-0.15, -0.1) is 0 Å². The Balaban J connectivity index is 1.48. The van der Waals surface area contributed by atoms with Crippen LogP contribution in [0.15, 0.2) is 63.8 Å². The van der Waals surface area contributed by atoms with E-state index in [2.05, 4.69) is 4.90 Å². The van der Waals surface area contributed by atoms with Gasteiger partial charge in [-0.1, -0.05) is 18.2 Å². The van der Waals surface area contributed by atoms with Crippen LogP contribution in [0.25, 0.3) is 11.0 Å². The van der Waals surface area contributed by atoms with E-state index >= 15 is 0 Å². The largest absolute Gasteiger partial charge is 0.494 e. The fraction of sp³-hybridized carbons (Fsp3) is 0.304. The zero-order chi connectivity index (χ0) is 20.2. The van der Waals surface area contributed by atoms with Crippen LogP contribution in [0.3, 0.4) is 0 Å². The van der Waals surface area contributed by atoms with Gasteiger partial charge in [0.05, 0.1) is 6.61 Å². The number of nitrogens with zero attached hydrogens (tertiary/aromatic N) is 2. The Morgan fingerprint density at radius 2 is 1.79 bits per heavy atom. The van der Waals surface area contributed by atoms with E-state index in [1.165, 1.54) is 0 Å². The van der Waals surface area contributed by atoms with Gasteiger partial charge in [-0.05, 0) is 42.8 Å². The molecule has 1 aliphatic rings. The van der Waals surface area contributed by atoms with Crippen molar-refractivity contribution in [3.63, 3.8) is 0 Å². The molecule has 0 saturated carbocycles. The smallest absolute Gasteiger partial charge is 0.336 e. The van der Waals surface area contributed by atoms with Crippen molar-refractivity contribution in [2.45, 2.75) is 13.5 Å². The summed E-state index contributed by atoms with van der Waals surface area (Å²) in [4.78, 5) is 28.8. The van der Waals surface area contributed by atoms with Crippen molar-refractivity contribution >= 4 is 16.9 Å². The number of hydrogen-bond acceptors (Lipinski definition) is 5. The van der Waals surface area contributed by atoms with Gasteiger partial charge >= 0.3 is 5.63 Å².